The first-order valence-corrected chi connectivity index (χ1v) is 3.87. The summed E-state index contributed by atoms with van der Waals surface area (Å²) in [5.74, 6) is -1.14. The Bertz CT molecular complexity index is 256. The van der Waals surface area contributed by atoms with Gasteiger partial charge in [0.1, 0.15) is 5.92 Å². The first kappa shape index (κ1) is 11.2. The Balaban J connectivity index is 3.83. The number of esters is 1. The molecule has 0 spiro atoms. The van der Waals surface area contributed by atoms with E-state index in [4.69, 9.17) is 10.5 Å². The Morgan fingerprint density at radius 1 is 1.54 bits per heavy atom. The van der Waals surface area contributed by atoms with Crippen molar-refractivity contribution in [2.24, 2.45) is 5.92 Å². The molecule has 0 aromatic heterocycles. The first-order valence-electron chi connectivity index (χ1n) is 3.87. The van der Waals surface area contributed by atoms with Crippen LogP contribution in [-0.2, 0) is 9.53 Å². The number of nitriles is 2. The van der Waals surface area contributed by atoms with Gasteiger partial charge in [0.2, 0.25) is 0 Å². The molecule has 0 saturated carbocycles. The predicted octanol–water partition coefficient (Wildman–Crippen LogP) is 1.16. The van der Waals surface area contributed by atoms with Crippen LogP contribution in [0, 0.1) is 28.6 Å². The van der Waals surface area contributed by atoms with Crippen molar-refractivity contribution in [3.8, 4) is 12.1 Å². The maximum Gasteiger partial charge on any atom is 0.330 e. The van der Waals surface area contributed by atoms with Gasteiger partial charge in [-0.25, -0.2) is 4.79 Å². The minimum absolute atomic E-state index is 0.256. The average molecular weight is 178 g/mol. The maximum atomic E-state index is 10.7. The molecular weight excluding hydrogens is 168 g/mol. The van der Waals surface area contributed by atoms with E-state index >= 15 is 0 Å². The fourth-order valence-electron chi connectivity index (χ4n) is 0.625. The Morgan fingerprint density at radius 2 is 2.15 bits per heavy atom. The summed E-state index contributed by atoms with van der Waals surface area (Å²) in [4.78, 5) is 10.7. The van der Waals surface area contributed by atoms with Gasteiger partial charge in [-0.05, 0) is 13.3 Å². The third-order valence-electron chi connectivity index (χ3n) is 1.22. The van der Waals surface area contributed by atoms with E-state index in [9.17, 15) is 4.79 Å². The van der Waals surface area contributed by atoms with Crippen LogP contribution in [0.5, 0.6) is 0 Å². The Morgan fingerprint density at radius 3 is 2.62 bits per heavy atom. The largest absolute Gasteiger partial charge is 0.463 e. The lowest BCUT2D eigenvalue weighted by atomic mass is 10.1. The third kappa shape index (κ3) is 5.46. The average Bonchev–Trinajstić information content (AvgIpc) is 2.13. The highest BCUT2D eigenvalue weighted by Crippen LogP contribution is 2.00. The molecule has 0 unspecified atom stereocenters. The van der Waals surface area contributed by atoms with Gasteiger partial charge in [-0.3, -0.25) is 0 Å². The summed E-state index contributed by atoms with van der Waals surface area (Å²) in [5.41, 5.74) is 0. The van der Waals surface area contributed by atoms with Gasteiger partial charge in [0.25, 0.3) is 0 Å². The molecule has 68 valence electrons. The first-order chi connectivity index (χ1) is 6.24. The topological polar surface area (TPSA) is 73.9 Å². The summed E-state index contributed by atoms with van der Waals surface area (Å²) in [6.45, 7) is 2.03. The molecule has 0 heterocycles. The molecule has 4 heteroatoms. The molecule has 0 aliphatic carbocycles. The standard InChI is InChI=1S/C9H10N2O2/c1-2-13-9(12)5-3-4-8(6-10)7-11/h3,5,8H,2,4H2,1H3. The highest BCUT2D eigenvalue weighted by atomic mass is 16.5. The molecule has 0 aliphatic heterocycles. The SMILES string of the molecule is CCOC(=O)C=CCC(C#N)C#N. The van der Waals surface area contributed by atoms with Crippen LogP contribution >= 0.6 is 0 Å². The smallest absolute Gasteiger partial charge is 0.330 e. The number of carbonyl (C=O) groups excluding carboxylic acids is 1. The minimum Gasteiger partial charge on any atom is -0.463 e. The van der Waals surface area contributed by atoms with Crippen molar-refractivity contribution in [2.75, 3.05) is 6.61 Å². The second-order valence-corrected chi connectivity index (χ2v) is 2.20. The monoisotopic (exact) mass is 178 g/mol. The van der Waals surface area contributed by atoms with Gasteiger partial charge < -0.3 is 4.74 Å². The van der Waals surface area contributed by atoms with Crippen molar-refractivity contribution in [1.82, 2.24) is 0 Å². The third-order valence-corrected chi connectivity index (χ3v) is 1.22. The minimum atomic E-state index is -0.689. The van der Waals surface area contributed by atoms with E-state index in [0.717, 1.165) is 0 Å². The van der Waals surface area contributed by atoms with Gasteiger partial charge in [0.15, 0.2) is 0 Å². The molecule has 0 aromatic carbocycles. The van der Waals surface area contributed by atoms with E-state index in [0.29, 0.717) is 6.61 Å². The summed E-state index contributed by atoms with van der Waals surface area (Å²) in [7, 11) is 0. The Hall–Kier alpha value is -1.81. The number of allylic oxidation sites excluding steroid dienone is 1. The van der Waals surface area contributed by atoms with Crippen molar-refractivity contribution in [3.05, 3.63) is 12.2 Å². The summed E-state index contributed by atoms with van der Waals surface area (Å²) in [6, 6.07) is 3.59. The Labute approximate surface area is 77.0 Å². The molecule has 0 saturated heterocycles. The molecule has 13 heavy (non-hydrogen) atoms. The van der Waals surface area contributed by atoms with Crippen LogP contribution in [-0.4, -0.2) is 12.6 Å². The fourth-order valence-corrected chi connectivity index (χ4v) is 0.625. The van der Waals surface area contributed by atoms with Crippen LogP contribution in [0.15, 0.2) is 12.2 Å². The quantitative estimate of drug-likeness (QED) is 0.478. The number of nitrogens with zero attached hydrogens (tertiary/aromatic N) is 2. The number of ether oxygens (including phenoxy) is 1. The molecule has 0 fully saturated rings. The van der Waals surface area contributed by atoms with Crippen molar-refractivity contribution in [3.63, 3.8) is 0 Å². The fraction of sp³-hybridized carbons (Fsp3) is 0.444. The molecule has 0 radical (unpaired) electrons. The number of hydrogen-bond donors (Lipinski definition) is 0. The van der Waals surface area contributed by atoms with Crippen LogP contribution < -0.4 is 0 Å². The molecule has 0 aliphatic rings. The van der Waals surface area contributed by atoms with Crippen LogP contribution in [0.1, 0.15) is 13.3 Å². The van der Waals surface area contributed by atoms with Gasteiger partial charge in [0, 0.05) is 6.08 Å². The van der Waals surface area contributed by atoms with Crippen LogP contribution in [0.2, 0.25) is 0 Å². The van der Waals surface area contributed by atoms with Gasteiger partial charge >= 0.3 is 5.97 Å². The van der Waals surface area contributed by atoms with Crippen molar-refractivity contribution in [2.45, 2.75) is 13.3 Å². The maximum absolute atomic E-state index is 10.7. The second kappa shape index (κ2) is 6.87. The molecule has 0 rings (SSSR count). The number of rotatable bonds is 4. The van der Waals surface area contributed by atoms with Gasteiger partial charge in [-0.1, -0.05) is 6.08 Å². The van der Waals surface area contributed by atoms with Crippen molar-refractivity contribution >= 4 is 5.97 Å². The van der Waals surface area contributed by atoms with E-state index in [1.165, 1.54) is 12.2 Å². The van der Waals surface area contributed by atoms with E-state index in [-0.39, 0.29) is 6.42 Å². The number of hydrogen-bond acceptors (Lipinski definition) is 4. The highest BCUT2D eigenvalue weighted by molar-refractivity contribution is 5.81. The molecule has 4 nitrogen and oxygen atoms in total. The molecule has 0 aromatic rings. The van der Waals surface area contributed by atoms with Crippen LogP contribution in [0.3, 0.4) is 0 Å². The molecule has 0 bridgehead atoms. The van der Waals surface area contributed by atoms with E-state index in [1.54, 1.807) is 19.1 Å². The summed E-state index contributed by atoms with van der Waals surface area (Å²) in [5, 5.41) is 16.7. The van der Waals surface area contributed by atoms with Crippen LogP contribution in [0.4, 0.5) is 0 Å². The lowest BCUT2D eigenvalue weighted by Crippen LogP contribution is -1.99. The zero-order valence-electron chi connectivity index (χ0n) is 7.36. The molecule has 0 atom stereocenters. The zero-order valence-corrected chi connectivity index (χ0v) is 7.36. The van der Waals surface area contributed by atoms with Gasteiger partial charge in [-0.2, -0.15) is 10.5 Å². The van der Waals surface area contributed by atoms with Gasteiger partial charge in [-0.15, -0.1) is 0 Å². The normalized spacial score (nSPS) is 9.54. The van der Waals surface area contributed by atoms with Crippen molar-refractivity contribution in [1.29, 1.82) is 10.5 Å². The van der Waals surface area contributed by atoms with E-state index < -0.39 is 11.9 Å². The van der Waals surface area contributed by atoms with Crippen LogP contribution in [0.25, 0.3) is 0 Å². The number of carbonyl (C=O) groups is 1. The zero-order chi connectivity index (χ0) is 10.1. The Kier molecular flexibility index (Phi) is 5.92. The molecule has 0 amide bonds. The predicted molar refractivity (Wildman–Crippen MR) is 45.1 cm³/mol. The van der Waals surface area contributed by atoms with Crippen molar-refractivity contribution < 1.29 is 9.53 Å². The summed E-state index contributed by atoms with van der Waals surface area (Å²) < 4.78 is 4.60. The molecule has 0 N–H and O–H groups in total. The van der Waals surface area contributed by atoms with Gasteiger partial charge in [0.05, 0.1) is 18.7 Å². The van der Waals surface area contributed by atoms with E-state index in [1.807, 2.05) is 0 Å². The molecular formula is C9H10N2O2. The summed E-state index contributed by atoms with van der Waals surface area (Å²) in [6.07, 6.45) is 2.95. The lowest BCUT2D eigenvalue weighted by molar-refractivity contribution is -0.137. The lowest BCUT2D eigenvalue weighted by Gasteiger charge is -1.94. The highest BCUT2D eigenvalue weighted by Gasteiger charge is 2.01. The summed E-state index contributed by atoms with van der Waals surface area (Å²) >= 11 is 0. The van der Waals surface area contributed by atoms with E-state index in [2.05, 4.69) is 4.74 Å². The second-order valence-electron chi connectivity index (χ2n) is 2.20.